The smallest absolute Gasteiger partial charge is 0.317 e. The van der Waals surface area contributed by atoms with Gasteiger partial charge in [-0.2, -0.15) is 11.8 Å². The maximum absolute atomic E-state index is 12.2. The van der Waals surface area contributed by atoms with E-state index in [0.29, 0.717) is 11.8 Å². The standard InChI is InChI=1S/C15H26N2O3S/c1-2-12-10-17(7-8-21-12)15(20)16-9-11-5-3-4-6-13(11)14(18)19/h11-13H,2-10H2,1H3,(H,16,20)(H,18,19). The zero-order valence-corrected chi connectivity index (χ0v) is 13.5. The molecular formula is C15H26N2O3S. The SMILES string of the molecule is CCC1CN(C(=O)NCC2CCCCC2C(=O)O)CCS1. The molecule has 1 saturated carbocycles. The van der Waals surface area contributed by atoms with Gasteiger partial charge in [-0.1, -0.05) is 19.8 Å². The van der Waals surface area contributed by atoms with E-state index >= 15 is 0 Å². The molecule has 2 fully saturated rings. The van der Waals surface area contributed by atoms with Crippen molar-refractivity contribution < 1.29 is 14.7 Å². The molecule has 2 rings (SSSR count). The first kappa shape index (κ1) is 16.5. The maximum atomic E-state index is 12.2. The molecule has 120 valence electrons. The number of carbonyl (C=O) groups excluding carboxylic acids is 1. The van der Waals surface area contributed by atoms with E-state index in [1.165, 1.54) is 0 Å². The minimum absolute atomic E-state index is 0.0246. The molecule has 3 atom stereocenters. The monoisotopic (exact) mass is 314 g/mol. The number of aliphatic carboxylic acids is 1. The number of rotatable bonds is 4. The van der Waals surface area contributed by atoms with Crippen molar-refractivity contribution >= 4 is 23.8 Å². The number of nitrogens with one attached hydrogen (secondary N) is 1. The molecule has 2 amide bonds. The second-order valence-corrected chi connectivity index (χ2v) is 7.43. The summed E-state index contributed by atoms with van der Waals surface area (Å²) < 4.78 is 0. The van der Waals surface area contributed by atoms with Gasteiger partial charge in [0, 0.05) is 30.6 Å². The molecule has 2 aliphatic rings. The molecule has 1 saturated heterocycles. The van der Waals surface area contributed by atoms with E-state index in [1.807, 2.05) is 16.7 Å². The molecule has 2 N–H and O–H groups in total. The van der Waals surface area contributed by atoms with Gasteiger partial charge in [-0.05, 0) is 25.2 Å². The van der Waals surface area contributed by atoms with Crippen LogP contribution in [0.1, 0.15) is 39.0 Å². The molecule has 21 heavy (non-hydrogen) atoms. The molecular weight excluding hydrogens is 288 g/mol. The van der Waals surface area contributed by atoms with Crippen molar-refractivity contribution in [2.24, 2.45) is 11.8 Å². The van der Waals surface area contributed by atoms with E-state index in [0.717, 1.165) is 50.9 Å². The topological polar surface area (TPSA) is 69.6 Å². The minimum atomic E-state index is -0.714. The highest BCUT2D eigenvalue weighted by molar-refractivity contribution is 8.00. The van der Waals surface area contributed by atoms with Crippen LogP contribution in [0.2, 0.25) is 0 Å². The summed E-state index contributed by atoms with van der Waals surface area (Å²) in [4.78, 5) is 25.4. The van der Waals surface area contributed by atoms with Crippen molar-refractivity contribution in [1.29, 1.82) is 0 Å². The van der Waals surface area contributed by atoms with Crippen molar-refractivity contribution in [1.82, 2.24) is 10.2 Å². The van der Waals surface area contributed by atoms with Crippen LogP contribution in [0.4, 0.5) is 4.79 Å². The Hall–Kier alpha value is -0.910. The van der Waals surface area contributed by atoms with Gasteiger partial charge in [0.05, 0.1) is 5.92 Å². The van der Waals surface area contributed by atoms with Crippen LogP contribution in [0.25, 0.3) is 0 Å². The summed E-state index contributed by atoms with van der Waals surface area (Å²) in [5.41, 5.74) is 0. The van der Waals surface area contributed by atoms with Gasteiger partial charge in [0.25, 0.3) is 0 Å². The summed E-state index contributed by atoms with van der Waals surface area (Å²) in [5.74, 6) is 0.0719. The zero-order valence-electron chi connectivity index (χ0n) is 12.7. The first-order valence-corrected chi connectivity index (χ1v) is 9.03. The number of thioether (sulfide) groups is 1. The lowest BCUT2D eigenvalue weighted by molar-refractivity contribution is -0.144. The summed E-state index contributed by atoms with van der Waals surface area (Å²) in [6.07, 6.45) is 4.79. The summed E-state index contributed by atoms with van der Waals surface area (Å²) in [6, 6.07) is -0.0246. The molecule has 1 heterocycles. The molecule has 6 heteroatoms. The number of carbonyl (C=O) groups is 2. The zero-order chi connectivity index (χ0) is 15.2. The quantitative estimate of drug-likeness (QED) is 0.836. The fourth-order valence-corrected chi connectivity index (χ4v) is 4.44. The Kier molecular flexibility index (Phi) is 6.21. The van der Waals surface area contributed by atoms with Gasteiger partial charge < -0.3 is 15.3 Å². The summed E-state index contributed by atoms with van der Waals surface area (Å²) in [5, 5.41) is 12.8. The average molecular weight is 314 g/mol. The van der Waals surface area contributed by atoms with E-state index in [9.17, 15) is 14.7 Å². The highest BCUT2D eigenvalue weighted by atomic mass is 32.2. The van der Waals surface area contributed by atoms with Crippen LogP contribution in [-0.4, -0.2) is 52.6 Å². The minimum Gasteiger partial charge on any atom is -0.481 e. The van der Waals surface area contributed by atoms with Gasteiger partial charge in [-0.3, -0.25) is 4.79 Å². The highest BCUT2D eigenvalue weighted by Gasteiger charge is 2.31. The fraction of sp³-hybridized carbons (Fsp3) is 0.867. The van der Waals surface area contributed by atoms with E-state index in [4.69, 9.17) is 0 Å². The molecule has 1 aliphatic carbocycles. The normalized spacial score (nSPS) is 30.0. The molecule has 3 unspecified atom stereocenters. The lowest BCUT2D eigenvalue weighted by Gasteiger charge is -2.33. The van der Waals surface area contributed by atoms with Crippen molar-refractivity contribution in [2.75, 3.05) is 25.4 Å². The Morgan fingerprint density at radius 1 is 1.33 bits per heavy atom. The summed E-state index contributed by atoms with van der Waals surface area (Å²) in [6.45, 7) is 4.24. The molecule has 0 radical (unpaired) electrons. The van der Waals surface area contributed by atoms with E-state index in [2.05, 4.69) is 12.2 Å². The van der Waals surface area contributed by atoms with E-state index < -0.39 is 5.97 Å². The van der Waals surface area contributed by atoms with Crippen LogP contribution in [0, 0.1) is 11.8 Å². The Bertz CT molecular complexity index is 378. The molecule has 1 aliphatic heterocycles. The summed E-state index contributed by atoms with van der Waals surface area (Å²) >= 11 is 1.94. The number of carboxylic acid groups (broad SMARTS) is 1. The Morgan fingerprint density at radius 2 is 2.10 bits per heavy atom. The number of urea groups is 1. The molecule has 0 bridgehead atoms. The third-order valence-corrected chi connectivity index (χ3v) is 6.00. The molecule has 5 nitrogen and oxygen atoms in total. The van der Waals surface area contributed by atoms with Gasteiger partial charge in [-0.25, -0.2) is 4.79 Å². The third-order valence-electron chi connectivity index (χ3n) is 4.62. The Balaban J connectivity index is 1.81. The van der Waals surface area contributed by atoms with Gasteiger partial charge in [0.2, 0.25) is 0 Å². The predicted molar refractivity (Wildman–Crippen MR) is 84.6 cm³/mol. The van der Waals surface area contributed by atoms with Gasteiger partial charge >= 0.3 is 12.0 Å². The van der Waals surface area contributed by atoms with Crippen molar-refractivity contribution in [3.63, 3.8) is 0 Å². The van der Waals surface area contributed by atoms with Gasteiger partial charge in [0.1, 0.15) is 0 Å². The molecule has 0 aromatic rings. The van der Waals surface area contributed by atoms with Gasteiger partial charge in [-0.15, -0.1) is 0 Å². The average Bonchev–Trinajstić information content (AvgIpc) is 2.52. The van der Waals surface area contributed by atoms with Crippen molar-refractivity contribution in [2.45, 2.75) is 44.3 Å². The lowest BCUT2D eigenvalue weighted by Crippen LogP contribution is -2.48. The van der Waals surface area contributed by atoms with Gasteiger partial charge in [0.15, 0.2) is 0 Å². The Labute approximate surface area is 130 Å². The predicted octanol–water partition coefficient (Wildman–Crippen LogP) is 2.41. The second kappa shape index (κ2) is 7.92. The van der Waals surface area contributed by atoms with Crippen LogP contribution in [0.3, 0.4) is 0 Å². The molecule has 0 spiro atoms. The van der Waals surface area contributed by atoms with E-state index in [-0.39, 0.29) is 17.9 Å². The summed E-state index contributed by atoms with van der Waals surface area (Å²) in [7, 11) is 0. The number of nitrogens with zero attached hydrogens (tertiary/aromatic N) is 1. The molecule has 0 aromatic heterocycles. The number of hydrogen-bond acceptors (Lipinski definition) is 3. The number of hydrogen-bond donors (Lipinski definition) is 2. The number of amides is 2. The first-order valence-electron chi connectivity index (χ1n) is 7.99. The largest absolute Gasteiger partial charge is 0.481 e. The van der Waals surface area contributed by atoms with Crippen LogP contribution < -0.4 is 5.32 Å². The Morgan fingerprint density at radius 3 is 2.81 bits per heavy atom. The maximum Gasteiger partial charge on any atom is 0.317 e. The van der Waals surface area contributed by atoms with Crippen LogP contribution in [0.5, 0.6) is 0 Å². The highest BCUT2D eigenvalue weighted by Crippen LogP contribution is 2.30. The van der Waals surface area contributed by atoms with Crippen molar-refractivity contribution in [3.8, 4) is 0 Å². The second-order valence-electron chi connectivity index (χ2n) is 6.02. The van der Waals surface area contributed by atoms with Crippen LogP contribution in [0.15, 0.2) is 0 Å². The van der Waals surface area contributed by atoms with Crippen molar-refractivity contribution in [3.05, 3.63) is 0 Å². The fourth-order valence-electron chi connectivity index (χ4n) is 3.26. The van der Waals surface area contributed by atoms with Crippen LogP contribution in [-0.2, 0) is 4.79 Å². The first-order chi connectivity index (χ1) is 10.1. The molecule has 0 aromatic carbocycles. The lowest BCUT2D eigenvalue weighted by atomic mass is 9.79. The van der Waals surface area contributed by atoms with E-state index in [1.54, 1.807) is 0 Å². The van der Waals surface area contributed by atoms with Crippen LogP contribution >= 0.6 is 11.8 Å². The third kappa shape index (κ3) is 4.53. The number of carboxylic acids is 1.